The summed E-state index contributed by atoms with van der Waals surface area (Å²) in [6.45, 7) is 4.87. The van der Waals surface area contributed by atoms with Gasteiger partial charge in [-0.15, -0.1) is 0 Å². The van der Waals surface area contributed by atoms with Gasteiger partial charge in [0.1, 0.15) is 5.75 Å². The molecule has 5 rings (SSSR count). The summed E-state index contributed by atoms with van der Waals surface area (Å²) in [5.41, 5.74) is 8.22. The highest BCUT2D eigenvalue weighted by molar-refractivity contribution is 6.33. The van der Waals surface area contributed by atoms with Crippen LogP contribution in [0.3, 0.4) is 0 Å². The normalized spacial score (nSPS) is 29.8. The predicted molar refractivity (Wildman–Crippen MR) is 109 cm³/mol. The average Bonchev–Trinajstić information content (AvgIpc) is 3.18. The molecule has 2 saturated heterocycles. The Balaban J connectivity index is 1.18. The maximum atomic E-state index is 12.9. The Bertz CT molecular complexity index is 766. The topological polar surface area (TPSA) is 64.8 Å². The number of hydrogen-bond donors (Lipinski definition) is 1. The van der Waals surface area contributed by atoms with Crippen molar-refractivity contribution < 1.29 is 14.3 Å². The number of carbonyl (C=O) groups is 1. The van der Waals surface area contributed by atoms with Crippen LogP contribution in [-0.4, -0.2) is 49.6 Å². The van der Waals surface area contributed by atoms with Crippen LogP contribution in [0.5, 0.6) is 5.75 Å². The number of rotatable bonds is 5. The monoisotopic (exact) mass is 404 g/mol. The van der Waals surface area contributed by atoms with E-state index in [4.69, 9.17) is 26.8 Å². The molecule has 0 spiro atoms. The first kappa shape index (κ1) is 18.7. The lowest BCUT2D eigenvalue weighted by molar-refractivity contribution is 0.0367. The zero-order chi connectivity index (χ0) is 19.3. The lowest BCUT2D eigenvalue weighted by Gasteiger charge is -2.32. The molecule has 3 aliphatic heterocycles. The molecule has 5 nitrogen and oxygen atoms in total. The van der Waals surface area contributed by atoms with Crippen molar-refractivity contribution in [2.45, 2.75) is 44.6 Å². The third-order valence-corrected chi connectivity index (χ3v) is 7.61. The van der Waals surface area contributed by atoms with Gasteiger partial charge in [-0.05, 0) is 55.9 Å². The molecule has 0 radical (unpaired) electrons. The zero-order valence-electron chi connectivity index (χ0n) is 16.3. The van der Waals surface area contributed by atoms with Gasteiger partial charge in [0.25, 0.3) is 0 Å². The number of hydrogen-bond acceptors (Lipinski definition) is 5. The van der Waals surface area contributed by atoms with Crippen LogP contribution in [-0.2, 0) is 11.2 Å². The van der Waals surface area contributed by atoms with E-state index in [9.17, 15) is 4.79 Å². The summed E-state index contributed by atoms with van der Waals surface area (Å²) >= 11 is 6.29. The van der Waals surface area contributed by atoms with Crippen molar-refractivity contribution >= 4 is 23.1 Å². The highest BCUT2D eigenvalue weighted by Gasteiger charge is 2.55. The molecule has 0 bridgehead atoms. The average molecular weight is 405 g/mol. The number of ketones is 1. The minimum Gasteiger partial charge on any atom is -0.492 e. The second-order valence-corrected chi connectivity index (χ2v) is 9.24. The van der Waals surface area contributed by atoms with Gasteiger partial charge in [0.15, 0.2) is 5.78 Å². The van der Waals surface area contributed by atoms with Gasteiger partial charge in [0.2, 0.25) is 0 Å². The van der Waals surface area contributed by atoms with Crippen LogP contribution in [0, 0.1) is 17.8 Å². The van der Waals surface area contributed by atoms with Gasteiger partial charge < -0.3 is 15.2 Å². The fourth-order valence-corrected chi connectivity index (χ4v) is 5.86. The molecule has 1 saturated carbocycles. The summed E-state index contributed by atoms with van der Waals surface area (Å²) in [6, 6.07) is 2.42. The van der Waals surface area contributed by atoms with Crippen molar-refractivity contribution in [3.8, 4) is 5.75 Å². The molecule has 3 fully saturated rings. The zero-order valence-corrected chi connectivity index (χ0v) is 17.0. The van der Waals surface area contributed by atoms with E-state index in [1.807, 2.05) is 0 Å². The summed E-state index contributed by atoms with van der Waals surface area (Å²) in [5.74, 6) is 3.11. The van der Waals surface area contributed by atoms with Crippen LogP contribution < -0.4 is 10.5 Å². The molecule has 1 aromatic carbocycles. The molecular weight excluding hydrogens is 376 g/mol. The molecule has 0 amide bonds. The number of likely N-dealkylation sites (tertiary alicyclic amines) is 1. The van der Waals surface area contributed by atoms with Crippen LogP contribution in [0.2, 0.25) is 5.02 Å². The fraction of sp³-hybridized carbons (Fsp3) is 0.682. The lowest BCUT2D eigenvalue weighted by Crippen LogP contribution is -2.39. The molecule has 2 unspecified atom stereocenters. The molecule has 152 valence electrons. The van der Waals surface area contributed by atoms with Crippen LogP contribution in [0.4, 0.5) is 5.69 Å². The Morgan fingerprint density at radius 2 is 1.96 bits per heavy atom. The maximum Gasteiger partial charge on any atom is 0.166 e. The number of benzene rings is 1. The molecule has 2 N–H and O–H groups in total. The second kappa shape index (κ2) is 7.51. The van der Waals surface area contributed by atoms with Crippen molar-refractivity contribution in [3.63, 3.8) is 0 Å². The van der Waals surface area contributed by atoms with Crippen LogP contribution in [0.25, 0.3) is 0 Å². The fourth-order valence-electron chi connectivity index (χ4n) is 5.63. The largest absolute Gasteiger partial charge is 0.492 e. The Labute approximate surface area is 171 Å². The summed E-state index contributed by atoms with van der Waals surface area (Å²) in [4.78, 5) is 15.6. The third kappa shape index (κ3) is 3.31. The molecule has 0 aromatic heterocycles. The van der Waals surface area contributed by atoms with Crippen LogP contribution in [0.15, 0.2) is 6.07 Å². The highest BCUT2D eigenvalue weighted by Crippen LogP contribution is 2.55. The molecule has 28 heavy (non-hydrogen) atoms. The van der Waals surface area contributed by atoms with Crippen LogP contribution in [0.1, 0.15) is 48.0 Å². The number of nitrogens with two attached hydrogens (primary N) is 1. The number of carbonyl (C=O) groups excluding carboxylic acids is 1. The Morgan fingerprint density at radius 3 is 2.71 bits per heavy atom. The quantitative estimate of drug-likeness (QED) is 0.600. The van der Waals surface area contributed by atoms with E-state index in [1.165, 1.54) is 25.9 Å². The van der Waals surface area contributed by atoms with Gasteiger partial charge in [-0.2, -0.15) is 0 Å². The first-order chi connectivity index (χ1) is 13.6. The van der Waals surface area contributed by atoms with E-state index in [0.29, 0.717) is 47.0 Å². The molecule has 6 heteroatoms. The minimum atomic E-state index is 0.145. The molecule has 3 heterocycles. The first-order valence-corrected chi connectivity index (χ1v) is 11.1. The van der Waals surface area contributed by atoms with Gasteiger partial charge >= 0.3 is 0 Å². The van der Waals surface area contributed by atoms with E-state index < -0.39 is 0 Å². The highest BCUT2D eigenvalue weighted by atomic mass is 35.5. The van der Waals surface area contributed by atoms with Gasteiger partial charge in [-0.25, -0.2) is 0 Å². The SMILES string of the molecule is Nc1c(Cl)cc(C(=O)CCC2C3CN(C4CCOCC4)CC23)c2c1CCCO2. The molecule has 4 aliphatic rings. The van der Waals surface area contributed by atoms with Crippen molar-refractivity contribution in [1.29, 1.82) is 0 Å². The second-order valence-electron chi connectivity index (χ2n) is 8.83. The number of halogens is 1. The Hall–Kier alpha value is -1.30. The van der Waals surface area contributed by atoms with E-state index in [-0.39, 0.29) is 5.78 Å². The van der Waals surface area contributed by atoms with Gasteiger partial charge in [0, 0.05) is 44.3 Å². The molecular formula is C22H29ClN2O3. The van der Waals surface area contributed by atoms with Crippen molar-refractivity contribution in [1.82, 2.24) is 4.90 Å². The third-order valence-electron chi connectivity index (χ3n) is 7.30. The van der Waals surface area contributed by atoms with Crippen molar-refractivity contribution in [2.24, 2.45) is 17.8 Å². The summed E-state index contributed by atoms with van der Waals surface area (Å²) in [6.07, 6.45) is 5.64. The predicted octanol–water partition coefficient (Wildman–Crippen LogP) is 3.57. The number of ether oxygens (including phenoxy) is 2. The van der Waals surface area contributed by atoms with E-state index >= 15 is 0 Å². The summed E-state index contributed by atoms with van der Waals surface area (Å²) in [5, 5.41) is 0.475. The Kier molecular flexibility index (Phi) is 5.02. The summed E-state index contributed by atoms with van der Waals surface area (Å²) < 4.78 is 11.3. The molecule has 1 aliphatic carbocycles. The lowest BCUT2D eigenvalue weighted by atomic mass is 9.95. The molecule has 1 aromatic rings. The number of nitrogen functional groups attached to an aromatic ring is 1. The van der Waals surface area contributed by atoms with E-state index in [1.54, 1.807) is 6.07 Å². The van der Waals surface area contributed by atoms with E-state index in [2.05, 4.69) is 4.90 Å². The van der Waals surface area contributed by atoms with Crippen molar-refractivity contribution in [3.05, 3.63) is 22.2 Å². The number of Topliss-reactive ketones (excluding diaryl/α,β-unsaturated/α-hetero) is 1. The molecule has 2 atom stereocenters. The number of nitrogens with zero attached hydrogens (tertiary/aromatic N) is 1. The number of anilines is 1. The summed E-state index contributed by atoms with van der Waals surface area (Å²) in [7, 11) is 0. The number of fused-ring (bicyclic) bond motifs is 2. The maximum absolute atomic E-state index is 12.9. The van der Waals surface area contributed by atoms with Crippen molar-refractivity contribution in [2.75, 3.05) is 38.6 Å². The van der Waals surface area contributed by atoms with Crippen LogP contribution >= 0.6 is 11.6 Å². The van der Waals surface area contributed by atoms with Gasteiger partial charge in [0.05, 0.1) is 22.9 Å². The standard InChI is InChI=1S/C22H29ClN2O3/c23-19-10-16(22-15(21(19)24)2-1-7-28-22)20(26)4-3-14-17-11-25(12-18(14)17)13-5-8-27-9-6-13/h10,13-14,17-18H,1-9,11-12,24H2. The smallest absolute Gasteiger partial charge is 0.166 e. The first-order valence-electron chi connectivity index (χ1n) is 10.7. The number of piperidine rings is 1. The minimum absolute atomic E-state index is 0.145. The Morgan fingerprint density at radius 1 is 1.21 bits per heavy atom. The van der Waals surface area contributed by atoms with E-state index in [0.717, 1.165) is 49.9 Å². The van der Waals surface area contributed by atoms with Gasteiger partial charge in [-0.3, -0.25) is 9.69 Å². The van der Waals surface area contributed by atoms with Gasteiger partial charge in [-0.1, -0.05) is 11.6 Å².